The van der Waals surface area contributed by atoms with Gasteiger partial charge in [0.25, 0.3) is 5.91 Å². The Balaban J connectivity index is 1.35. The SMILES string of the molecule is CC1CCCN(Cc2csc(NC(=O)c3ccccc3OCC3CCCO3)n2)C1. The van der Waals surface area contributed by atoms with Crippen LogP contribution in [-0.2, 0) is 11.3 Å². The zero-order chi connectivity index (χ0) is 20.1. The van der Waals surface area contributed by atoms with Crippen molar-refractivity contribution in [1.29, 1.82) is 0 Å². The van der Waals surface area contributed by atoms with Gasteiger partial charge < -0.3 is 9.47 Å². The lowest BCUT2D eigenvalue weighted by Gasteiger charge is -2.30. The number of amides is 1. The van der Waals surface area contributed by atoms with E-state index in [1.54, 1.807) is 6.07 Å². The number of nitrogens with one attached hydrogen (secondary N) is 1. The number of nitrogens with zero attached hydrogens (tertiary/aromatic N) is 2. The fourth-order valence-electron chi connectivity index (χ4n) is 4.00. The molecule has 2 unspecified atom stereocenters. The number of carbonyl (C=O) groups is 1. The quantitative estimate of drug-likeness (QED) is 0.735. The van der Waals surface area contributed by atoms with E-state index in [2.05, 4.69) is 22.1 Å². The molecule has 156 valence electrons. The van der Waals surface area contributed by atoms with Crippen LogP contribution in [0.15, 0.2) is 29.6 Å². The molecule has 0 bridgehead atoms. The highest BCUT2D eigenvalue weighted by Gasteiger charge is 2.20. The molecule has 0 aliphatic carbocycles. The standard InChI is InChI=1S/C22H29N3O3S/c1-16-6-4-10-25(12-16)13-17-15-29-22(23-17)24-21(26)19-8-2-3-9-20(19)28-14-18-7-5-11-27-18/h2-3,8-9,15-16,18H,4-7,10-14H2,1H3,(H,23,24,26). The van der Waals surface area contributed by atoms with Crippen molar-refractivity contribution < 1.29 is 14.3 Å². The number of thiazole rings is 1. The number of carbonyl (C=O) groups excluding carboxylic acids is 1. The molecule has 6 nitrogen and oxygen atoms in total. The third kappa shape index (κ3) is 5.56. The minimum atomic E-state index is -0.194. The number of anilines is 1. The summed E-state index contributed by atoms with van der Waals surface area (Å²) >= 11 is 1.47. The largest absolute Gasteiger partial charge is 0.490 e. The van der Waals surface area contributed by atoms with Gasteiger partial charge in [-0.15, -0.1) is 11.3 Å². The highest BCUT2D eigenvalue weighted by Crippen LogP contribution is 2.24. The van der Waals surface area contributed by atoms with E-state index < -0.39 is 0 Å². The van der Waals surface area contributed by atoms with E-state index in [1.165, 1.54) is 24.2 Å². The van der Waals surface area contributed by atoms with Gasteiger partial charge in [0.1, 0.15) is 12.4 Å². The first-order chi connectivity index (χ1) is 14.2. The maximum Gasteiger partial charge on any atom is 0.261 e. The fraction of sp³-hybridized carbons (Fsp3) is 0.545. The number of rotatable bonds is 7. The van der Waals surface area contributed by atoms with Crippen LogP contribution in [0.2, 0.25) is 0 Å². The maximum absolute atomic E-state index is 12.8. The van der Waals surface area contributed by atoms with Gasteiger partial charge in [-0.25, -0.2) is 4.98 Å². The molecule has 1 amide bonds. The van der Waals surface area contributed by atoms with Crippen LogP contribution in [0.1, 0.15) is 48.7 Å². The predicted octanol–water partition coefficient (Wildman–Crippen LogP) is 4.19. The first-order valence-electron chi connectivity index (χ1n) is 10.5. The smallest absolute Gasteiger partial charge is 0.261 e. The number of benzene rings is 1. The van der Waals surface area contributed by atoms with Crippen LogP contribution in [0.25, 0.3) is 0 Å². The van der Waals surface area contributed by atoms with Gasteiger partial charge in [-0.1, -0.05) is 19.1 Å². The Morgan fingerprint density at radius 3 is 3.07 bits per heavy atom. The summed E-state index contributed by atoms with van der Waals surface area (Å²) in [5, 5.41) is 5.60. The summed E-state index contributed by atoms with van der Waals surface area (Å²) in [4.78, 5) is 19.9. The van der Waals surface area contributed by atoms with Crippen LogP contribution in [0.3, 0.4) is 0 Å². The second-order valence-electron chi connectivity index (χ2n) is 8.02. The van der Waals surface area contributed by atoms with Gasteiger partial charge in [-0.2, -0.15) is 0 Å². The molecule has 0 spiro atoms. The first kappa shape index (κ1) is 20.3. The van der Waals surface area contributed by atoms with Crippen LogP contribution in [0.4, 0.5) is 5.13 Å². The van der Waals surface area contributed by atoms with Crippen LogP contribution >= 0.6 is 11.3 Å². The van der Waals surface area contributed by atoms with Gasteiger partial charge in [0, 0.05) is 25.1 Å². The number of para-hydroxylation sites is 1. The van der Waals surface area contributed by atoms with E-state index in [1.807, 2.05) is 23.6 Å². The summed E-state index contributed by atoms with van der Waals surface area (Å²) in [5.41, 5.74) is 1.54. The van der Waals surface area contributed by atoms with Crippen molar-refractivity contribution >= 4 is 22.4 Å². The van der Waals surface area contributed by atoms with E-state index in [0.29, 0.717) is 23.1 Å². The van der Waals surface area contributed by atoms with E-state index in [0.717, 1.165) is 50.7 Å². The number of ether oxygens (including phenoxy) is 2. The Bertz CT molecular complexity index is 819. The molecule has 7 heteroatoms. The Labute approximate surface area is 176 Å². The van der Waals surface area contributed by atoms with E-state index in [9.17, 15) is 4.79 Å². The van der Waals surface area contributed by atoms with Crippen molar-refractivity contribution in [2.24, 2.45) is 5.92 Å². The summed E-state index contributed by atoms with van der Waals surface area (Å²) in [6, 6.07) is 7.33. The highest BCUT2D eigenvalue weighted by atomic mass is 32.1. The van der Waals surface area contributed by atoms with Gasteiger partial charge in [0.05, 0.1) is 17.4 Å². The lowest BCUT2D eigenvalue weighted by Crippen LogP contribution is -2.33. The summed E-state index contributed by atoms with van der Waals surface area (Å²) in [5.74, 6) is 1.13. The lowest BCUT2D eigenvalue weighted by molar-refractivity contribution is 0.0673. The molecule has 2 aliphatic rings. The van der Waals surface area contributed by atoms with Crippen LogP contribution < -0.4 is 10.1 Å². The highest BCUT2D eigenvalue weighted by molar-refractivity contribution is 7.14. The molecule has 1 N–H and O–H groups in total. The third-order valence-corrected chi connectivity index (χ3v) is 6.29. The summed E-state index contributed by atoms with van der Waals surface area (Å²) < 4.78 is 11.5. The number of hydrogen-bond acceptors (Lipinski definition) is 6. The molecule has 3 heterocycles. The molecule has 29 heavy (non-hydrogen) atoms. The third-order valence-electron chi connectivity index (χ3n) is 5.48. The second kappa shape index (κ2) is 9.69. The molecule has 2 atom stereocenters. The summed E-state index contributed by atoms with van der Waals surface area (Å²) in [6.45, 7) is 6.65. The molecule has 4 rings (SSSR count). The number of likely N-dealkylation sites (tertiary alicyclic amines) is 1. The summed E-state index contributed by atoms with van der Waals surface area (Å²) in [6.07, 6.45) is 4.75. The van der Waals surface area contributed by atoms with Gasteiger partial charge in [-0.05, 0) is 50.3 Å². The zero-order valence-electron chi connectivity index (χ0n) is 16.9. The molecule has 0 saturated carbocycles. The van der Waals surface area contributed by atoms with Crippen LogP contribution in [0, 0.1) is 5.92 Å². The second-order valence-corrected chi connectivity index (χ2v) is 8.88. The topological polar surface area (TPSA) is 63.7 Å². The molecule has 2 fully saturated rings. The normalized spacial score (nSPS) is 22.5. The zero-order valence-corrected chi connectivity index (χ0v) is 17.7. The van der Waals surface area contributed by atoms with Crippen molar-refractivity contribution in [3.05, 3.63) is 40.9 Å². The lowest BCUT2D eigenvalue weighted by atomic mass is 10.0. The minimum absolute atomic E-state index is 0.116. The van der Waals surface area contributed by atoms with Gasteiger partial charge in [0.15, 0.2) is 5.13 Å². The Hall–Kier alpha value is -1.96. The summed E-state index contributed by atoms with van der Waals surface area (Å²) in [7, 11) is 0. The van der Waals surface area contributed by atoms with Crippen molar-refractivity contribution in [1.82, 2.24) is 9.88 Å². The molecule has 2 aliphatic heterocycles. The Morgan fingerprint density at radius 1 is 1.34 bits per heavy atom. The van der Waals surface area contributed by atoms with Crippen LogP contribution in [0.5, 0.6) is 5.75 Å². The van der Waals surface area contributed by atoms with E-state index in [4.69, 9.17) is 9.47 Å². The number of piperidine rings is 1. The van der Waals surface area contributed by atoms with Crippen molar-refractivity contribution in [2.75, 3.05) is 31.6 Å². The molecule has 1 aromatic carbocycles. The average molecular weight is 416 g/mol. The van der Waals surface area contributed by atoms with E-state index in [-0.39, 0.29) is 12.0 Å². The predicted molar refractivity (Wildman–Crippen MR) is 115 cm³/mol. The number of hydrogen-bond donors (Lipinski definition) is 1. The number of aromatic nitrogens is 1. The Morgan fingerprint density at radius 2 is 2.24 bits per heavy atom. The van der Waals surface area contributed by atoms with Crippen LogP contribution in [-0.4, -0.2) is 48.2 Å². The van der Waals surface area contributed by atoms with Crippen molar-refractivity contribution in [3.63, 3.8) is 0 Å². The molecule has 1 aromatic heterocycles. The van der Waals surface area contributed by atoms with Crippen molar-refractivity contribution in [3.8, 4) is 5.75 Å². The molecular formula is C22H29N3O3S. The van der Waals surface area contributed by atoms with Gasteiger partial charge in [-0.3, -0.25) is 15.0 Å². The van der Waals surface area contributed by atoms with Crippen molar-refractivity contribution in [2.45, 2.75) is 45.3 Å². The molecular weight excluding hydrogens is 386 g/mol. The van der Waals surface area contributed by atoms with Gasteiger partial charge >= 0.3 is 0 Å². The average Bonchev–Trinajstić information content (AvgIpc) is 3.39. The monoisotopic (exact) mass is 415 g/mol. The minimum Gasteiger partial charge on any atom is -0.490 e. The fourth-order valence-corrected chi connectivity index (χ4v) is 4.70. The Kier molecular flexibility index (Phi) is 6.79. The first-order valence-corrected chi connectivity index (χ1v) is 11.4. The maximum atomic E-state index is 12.8. The molecule has 2 aromatic rings. The molecule has 0 radical (unpaired) electrons. The van der Waals surface area contributed by atoms with Gasteiger partial charge in [0.2, 0.25) is 0 Å². The van der Waals surface area contributed by atoms with E-state index >= 15 is 0 Å². The molecule has 2 saturated heterocycles.